The number of rotatable bonds is 14. The summed E-state index contributed by atoms with van der Waals surface area (Å²) >= 11 is 0. The molecule has 1 fully saturated rings. The van der Waals surface area contributed by atoms with Crippen LogP contribution >= 0.6 is 0 Å². The van der Waals surface area contributed by atoms with Crippen LogP contribution in [-0.4, -0.2) is 81.3 Å². The maximum absolute atomic E-state index is 7.31. The Balaban J connectivity index is 1.59. The minimum Gasteiger partial charge on any atom is -0.408 e. The summed E-state index contributed by atoms with van der Waals surface area (Å²) < 4.78 is 29.2. The summed E-state index contributed by atoms with van der Waals surface area (Å²) in [6.07, 6.45) is 0.685. The van der Waals surface area contributed by atoms with Crippen molar-refractivity contribution in [3.63, 3.8) is 0 Å². The predicted octanol–water partition coefficient (Wildman–Crippen LogP) is 7.90. The molecular weight excluding hydrogens is 673 g/mol. The lowest BCUT2D eigenvalue weighted by molar-refractivity contribution is -0.0562. The Morgan fingerprint density at radius 2 is 1.39 bits per heavy atom. The molecule has 1 aliphatic rings. The van der Waals surface area contributed by atoms with Gasteiger partial charge in [0.05, 0.1) is 12.9 Å². The molecule has 3 heterocycles. The van der Waals surface area contributed by atoms with E-state index in [4.69, 9.17) is 39.0 Å². The molecule has 1 saturated heterocycles. The van der Waals surface area contributed by atoms with E-state index in [9.17, 15) is 0 Å². The van der Waals surface area contributed by atoms with Crippen LogP contribution in [0.2, 0.25) is 36.3 Å². The summed E-state index contributed by atoms with van der Waals surface area (Å²) in [4.78, 5) is 14.9. The SMILES string of the molecule is COC[C@H]1O[C@@H](n2cnc3c(NCC(c4ccccc4)c4ccccc4)nc(CCN)nc32)[C@H](O[Si](C)(C)C(C)(C)C)[C@@H]1O[Si](C)(C)C(C)(C)C. The summed E-state index contributed by atoms with van der Waals surface area (Å²) in [5, 5.41) is 3.63. The molecule has 0 amide bonds. The molecule has 1 aliphatic heterocycles. The molecule has 0 spiro atoms. The third-order valence-corrected chi connectivity index (χ3v) is 20.0. The van der Waals surface area contributed by atoms with Crippen molar-refractivity contribution >= 4 is 33.6 Å². The van der Waals surface area contributed by atoms with Crippen molar-refractivity contribution in [2.75, 3.05) is 32.1 Å². The van der Waals surface area contributed by atoms with Crippen molar-refractivity contribution in [3.8, 4) is 0 Å². The summed E-state index contributed by atoms with van der Waals surface area (Å²) in [5.74, 6) is 1.41. The zero-order valence-electron chi connectivity index (χ0n) is 32.6. The van der Waals surface area contributed by atoms with Gasteiger partial charge in [0, 0.05) is 26.0 Å². The molecule has 0 bridgehead atoms. The summed E-state index contributed by atoms with van der Waals surface area (Å²) in [7, 11) is -2.86. The van der Waals surface area contributed by atoms with Crippen LogP contribution < -0.4 is 11.1 Å². The van der Waals surface area contributed by atoms with Gasteiger partial charge in [-0.15, -0.1) is 0 Å². The normalized spacial score (nSPS) is 20.4. The Morgan fingerprint density at radius 1 is 0.843 bits per heavy atom. The molecule has 51 heavy (non-hydrogen) atoms. The number of hydrogen-bond acceptors (Lipinski definition) is 9. The van der Waals surface area contributed by atoms with Crippen LogP contribution in [0, 0.1) is 0 Å². The first-order chi connectivity index (χ1) is 24.0. The van der Waals surface area contributed by atoms with E-state index in [0.29, 0.717) is 48.9 Å². The molecule has 4 atom stereocenters. The van der Waals surface area contributed by atoms with Crippen molar-refractivity contribution in [2.45, 2.75) is 115 Å². The van der Waals surface area contributed by atoms with Gasteiger partial charge in [0.1, 0.15) is 24.1 Å². The number of methoxy groups -OCH3 is 1. The number of hydrogen-bond donors (Lipinski definition) is 2. The lowest BCUT2D eigenvalue weighted by Gasteiger charge is -2.44. The fourth-order valence-electron chi connectivity index (χ4n) is 6.04. The van der Waals surface area contributed by atoms with Gasteiger partial charge in [-0.05, 0) is 53.9 Å². The molecule has 3 N–H and O–H groups in total. The summed E-state index contributed by atoms with van der Waals surface area (Å²) in [6.45, 7) is 24.1. The monoisotopic (exact) mass is 732 g/mol. The number of ether oxygens (including phenoxy) is 2. The highest BCUT2D eigenvalue weighted by molar-refractivity contribution is 6.74. The van der Waals surface area contributed by atoms with E-state index in [0.717, 1.165) is 0 Å². The number of nitrogens with two attached hydrogens (primary N) is 1. The smallest absolute Gasteiger partial charge is 0.192 e. The van der Waals surface area contributed by atoms with E-state index in [1.165, 1.54) is 11.1 Å². The molecule has 4 aromatic rings. The first kappa shape index (κ1) is 39.2. The van der Waals surface area contributed by atoms with Crippen molar-refractivity contribution < 1.29 is 18.3 Å². The second kappa shape index (κ2) is 15.6. The van der Waals surface area contributed by atoms with E-state index >= 15 is 0 Å². The van der Waals surface area contributed by atoms with Gasteiger partial charge in [0.2, 0.25) is 0 Å². The van der Waals surface area contributed by atoms with Crippen LogP contribution in [0.3, 0.4) is 0 Å². The minimum atomic E-state index is -2.31. The van der Waals surface area contributed by atoms with Gasteiger partial charge in [0.25, 0.3) is 0 Å². The van der Waals surface area contributed by atoms with Crippen LogP contribution in [0.25, 0.3) is 11.2 Å². The molecule has 0 aliphatic carbocycles. The Labute approximate surface area is 307 Å². The lowest BCUT2D eigenvalue weighted by Crippen LogP contribution is -2.54. The molecule has 0 radical (unpaired) electrons. The number of imidazole rings is 1. The highest BCUT2D eigenvalue weighted by Gasteiger charge is 2.54. The second-order valence-corrected chi connectivity index (χ2v) is 26.3. The third kappa shape index (κ3) is 8.64. The maximum atomic E-state index is 7.31. The third-order valence-electron chi connectivity index (χ3n) is 11.1. The number of anilines is 1. The van der Waals surface area contributed by atoms with Gasteiger partial charge in [0.15, 0.2) is 39.8 Å². The summed E-state index contributed by atoms with van der Waals surface area (Å²) in [6, 6.07) is 21.1. The average molecular weight is 733 g/mol. The van der Waals surface area contributed by atoms with Gasteiger partial charge in [-0.3, -0.25) is 4.57 Å². The zero-order chi connectivity index (χ0) is 37.2. The lowest BCUT2D eigenvalue weighted by atomic mass is 9.91. The maximum Gasteiger partial charge on any atom is 0.192 e. The Hall–Kier alpha value is -2.98. The van der Waals surface area contributed by atoms with Crippen molar-refractivity contribution in [2.24, 2.45) is 5.73 Å². The van der Waals surface area contributed by atoms with Crippen LogP contribution in [0.4, 0.5) is 5.82 Å². The highest BCUT2D eigenvalue weighted by Crippen LogP contribution is 2.46. The van der Waals surface area contributed by atoms with Crippen LogP contribution in [0.5, 0.6) is 0 Å². The van der Waals surface area contributed by atoms with Crippen molar-refractivity contribution in [1.29, 1.82) is 0 Å². The van der Waals surface area contributed by atoms with Crippen molar-refractivity contribution in [1.82, 2.24) is 19.5 Å². The second-order valence-electron chi connectivity index (χ2n) is 16.8. The fourth-order valence-corrected chi connectivity index (χ4v) is 8.65. The van der Waals surface area contributed by atoms with E-state index in [1.54, 1.807) is 7.11 Å². The minimum absolute atomic E-state index is 0.00574. The topological polar surface area (TPSA) is 119 Å². The largest absolute Gasteiger partial charge is 0.408 e. The standard InChI is InChI=1S/C39H60N6O4Si2/c1-38(2,3)50(8,9)48-33-30(25-46-7)47-37(34(33)49-51(10,11)39(4,5)6)45-26-42-32-35(43-31(22-23-40)44-36(32)45)41-24-29(27-18-14-12-15-19-27)28-20-16-13-17-21-28/h12-21,26,29-30,33-34,37H,22-25,40H2,1-11H3,(H,41,43,44)/t30-,33-,34-,37-/m1/s1. The van der Waals surface area contributed by atoms with Gasteiger partial charge in [-0.25, -0.2) is 15.0 Å². The molecule has 5 rings (SSSR count). The van der Waals surface area contributed by atoms with Gasteiger partial charge < -0.3 is 29.4 Å². The number of benzene rings is 2. The molecule has 2 aromatic carbocycles. The Bertz CT molecular complexity index is 1680. The van der Waals surface area contributed by atoms with Crippen LogP contribution in [0.1, 0.15) is 70.6 Å². The number of aromatic nitrogens is 4. The zero-order valence-corrected chi connectivity index (χ0v) is 34.6. The number of nitrogens with one attached hydrogen (secondary N) is 1. The number of fused-ring (bicyclic) bond motifs is 1. The first-order valence-corrected chi connectivity index (χ1v) is 24.1. The number of nitrogens with zero attached hydrogens (tertiary/aromatic N) is 4. The van der Waals surface area contributed by atoms with E-state index in [2.05, 4.69) is 122 Å². The first-order valence-electron chi connectivity index (χ1n) is 18.2. The van der Waals surface area contributed by atoms with Gasteiger partial charge >= 0.3 is 0 Å². The fraction of sp³-hybridized carbons (Fsp3) is 0.564. The molecule has 2 aromatic heterocycles. The van der Waals surface area contributed by atoms with Crippen molar-refractivity contribution in [3.05, 3.63) is 83.9 Å². The molecular formula is C39H60N6O4Si2. The van der Waals surface area contributed by atoms with Crippen LogP contribution in [0.15, 0.2) is 67.0 Å². The van der Waals surface area contributed by atoms with E-state index in [-0.39, 0.29) is 28.2 Å². The quantitative estimate of drug-likeness (QED) is 0.125. The predicted molar refractivity (Wildman–Crippen MR) is 211 cm³/mol. The highest BCUT2D eigenvalue weighted by atomic mass is 28.4. The van der Waals surface area contributed by atoms with E-state index in [1.807, 2.05) is 23.0 Å². The van der Waals surface area contributed by atoms with E-state index < -0.39 is 29.0 Å². The van der Waals surface area contributed by atoms with Gasteiger partial charge in [-0.2, -0.15) is 0 Å². The van der Waals surface area contributed by atoms with Gasteiger partial charge in [-0.1, -0.05) is 102 Å². The molecule has 12 heteroatoms. The molecule has 278 valence electrons. The Morgan fingerprint density at radius 3 is 1.90 bits per heavy atom. The molecule has 0 unspecified atom stereocenters. The van der Waals surface area contributed by atoms with Crippen LogP contribution in [-0.2, 0) is 24.7 Å². The summed E-state index contributed by atoms with van der Waals surface area (Å²) in [5.41, 5.74) is 9.85. The average Bonchev–Trinajstić information content (AvgIpc) is 3.62. The molecule has 10 nitrogen and oxygen atoms in total. The molecule has 0 saturated carbocycles. The Kier molecular flexibility index (Phi) is 12.0.